The van der Waals surface area contributed by atoms with Gasteiger partial charge in [-0.05, 0) is 17.4 Å². The maximum atomic E-state index is 9.26. The fraction of sp³-hybridized carbons (Fsp3) is 1.00. The molecule has 1 saturated carbocycles. The predicted octanol–water partition coefficient (Wildman–Crippen LogP) is 1.45. The molecule has 1 nitrogen and oxygen atoms in total. The van der Waals surface area contributed by atoms with Gasteiger partial charge in [0.25, 0.3) is 0 Å². The average Bonchev–Trinajstić information content (AvgIpc) is 1.96. The molecule has 0 spiro atoms. The molecule has 1 aliphatic rings. The van der Waals surface area contributed by atoms with Crippen LogP contribution in [0.1, 0.15) is 39.5 Å². The van der Waals surface area contributed by atoms with Crippen molar-refractivity contribution in [3.63, 3.8) is 0 Å². The van der Waals surface area contributed by atoms with Gasteiger partial charge in [-0.25, -0.2) is 0 Å². The van der Waals surface area contributed by atoms with Crippen molar-refractivity contribution in [3.05, 3.63) is 0 Å². The maximum Gasteiger partial charge on any atom is 0.162 e. The second kappa shape index (κ2) is 3.05. The Morgan fingerprint density at radius 1 is 1.50 bits per heavy atom. The van der Waals surface area contributed by atoms with E-state index in [0.717, 1.165) is 5.92 Å². The molecule has 0 heterocycles. The Morgan fingerprint density at radius 3 is 2.60 bits per heavy atom. The molecule has 0 aliphatic heterocycles. The van der Waals surface area contributed by atoms with E-state index in [-0.39, 0.29) is 0 Å². The van der Waals surface area contributed by atoms with Gasteiger partial charge in [-0.2, -0.15) is 0 Å². The lowest BCUT2D eigenvalue weighted by Gasteiger charge is -2.37. The summed E-state index contributed by atoms with van der Waals surface area (Å²) in [6, 6.07) is 0. The third-order valence-corrected chi connectivity index (χ3v) is 4.96. The molecular weight excluding hydrogens is 140 g/mol. The van der Waals surface area contributed by atoms with Crippen LogP contribution in [0.4, 0.5) is 0 Å². The quantitative estimate of drug-likeness (QED) is 0.573. The van der Waals surface area contributed by atoms with Gasteiger partial charge in [0.15, 0.2) is 9.76 Å². The molecular formula is C8H18OSi. The number of rotatable bonds is 1. The van der Waals surface area contributed by atoms with Gasteiger partial charge >= 0.3 is 0 Å². The van der Waals surface area contributed by atoms with Gasteiger partial charge in [0.2, 0.25) is 0 Å². The van der Waals surface area contributed by atoms with Gasteiger partial charge < -0.3 is 4.80 Å². The smallest absolute Gasteiger partial charge is 0.162 e. The maximum absolute atomic E-state index is 9.26. The second-order valence-corrected chi connectivity index (χ2v) is 5.89. The van der Waals surface area contributed by atoms with Crippen molar-refractivity contribution >= 4 is 9.76 Å². The van der Waals surface area contributed by atoms with Gasteiger partial charge in [0.05, 0.1) is 0 Å². The van der Waals surface area contributed by atoms with Gasteiger partial charge in [-0.15, -0.1) is 0 Å². The first-order valence-electron chi connectivity index (χ1n) is 4.30. The van der Waals surface area contributed by atoms with Crippen molar-refractivity contribution in [1.29, 1.82) is 0 Å². The first-order valence-corrected chi connectivity index (χ1v) is 5.64. The molecule has 0 aromatic heterocycles. The molecule has 0 saturated heterocycles. The summed E-state index contributed by atoms with van der Waals surface area (Å²) in [5.74, 6) is 0.776. The number of hydrogen-bond donors (Lipinski definition) is 1. The summed E-state index contributed by atoms with van der Waals surface area (Å²) in [6.45, 7) is 4.56. The van der Waals surface area contributed by atoms with E-state index in [4.69, 9.17) is 0 Å². The van der Waals surface area contributed by atoms with E-state index in [1.54, 1.807) is 0 Å². The zero-order valence-corrected chi connectivity index (χ0v) is 8.47. The van der Waals surface area contributed by atoms with Crippen LogP contribution < -0.4 is 0 Å². The Balaban J connectivity index is 2.54. The van der Waals surface area contributed by atoms with E-state index in [0.29, 0.717) is 5.04 Å². The molecule has 10 heavy (non-hydrogen) atoms. The van der Waals surface area contributed by atoms with Crippen molar-refractivity contribution in [2.45, 2.75) is 44.6 Å². The molecule has 0 amide bonds. The Hall–Kier alpha value is 0.177. The molecule has 0 bridgehead atoms. The van der Waals surface area contributed by atoms with E-state index >= 15 is 0 Å². The lowest BCUT2D eigenvalue weighted by Crippen LogP contribution is -2.28. The van der Waals surface area contributed by atoms with Crippen LogP contribution in [-0.2, 0) is 0 Å². The van der Waals surface area contributed by atoms with E-state index in [9.17, 15) is 4.80 Å². The Morgan fingerprint density at radius 2 is 2.20 bits per heavy atom. The third kappa shape index (κ3) is 1.43. The van der Waals surface area contributed by atoms with E-state index in [2.05, 4.69) is 13.8 Å². The largest absolute Gasteiger partial charge is 0.438 e. The summed E-state index contributed by atoms with van der Waals surface area (Å²) in [6.07, 6.45) is 5.33. The number of hydrogen-bond acceptors (Lipinski definition) is 1. The first-order chi connectivity index (χ1) is 4.69. The van der Waals surface area contributed by atoms with Crippen LogP contribution >= 0.6 is 0 Å². The second-order valence-electron chi connectivity index (χ2n) is 3.96. The van der Waals surface area contributed by atoms with Crippen molar-refractivity contribution in [1.82, 2.24) is 0 Å². The predicted molar refractivity (Wildman–Crippen MR) is 46.8 cm³/mol. The van der Waals surface area contributed by atoms with Crippen LogP contribution in [0.2, 0.25) is 5.04 Å². The highest BCUT2D eigenvalue weighted by Crippen LogP contribution is 2.45. The Bertz CT molecular complexity index is 116. The van der Waals surface area contributed by atoms with Crippen LogP contribution in [-0.4, -0.2) is 14.6 Å². The molecule has 2 unspecified atom stereocenters. The zero-order chi connectivity index (χ0) is 7.61. The molecule has 2 atom stereocenters. The average molecular weight is 158 g/mol. The summed E-state index contributed by atoms with van der Waals surface area (Å²) in [4.78, 5) is 9.26. The molecule has 0 radical (unpaired) electrons. The van der Waals surface area contributed by atoms with Crippen LogP contribution in [0.3, 0.4) is 0 Å². The fourth-order valence-electron chi connectivity index (χ4n) is 1.81. The fourth-order valence-corrected chi connectivity index (χ4v) is 2.73. The van der Waals surface area contributed by atoms with Gasteiger partial charge in [-0.1, -0.05) is 33.1 Å². The highest BCUT2D eigenvalue weighted by molar-refractivity contribution is 6.30. The van der Waals surface area contributed by atoms with Crippen LogP contribution in [0, 0.1) is 5.92 Å². The van der Waals surface area contributed by atoms with Crippen molar-refractivity contribution < 1.29 is 4.80 Å². The lowest BCUT2D eigenvalue weighted by atomic mass is 9.81. The summed E-state index contributed by atoms with van der Waals surface area (Å²) in [5, 5.41) is 0.373. The lowest BCUT2D eigenvalue weighted by molar-refractivity contribution is 0.274. The highest BCUT2D eigenvalue weighted by atomic mass is 28.2. The van der Waals surface area contributed by atoms with E-state index in [1.807, 2.05) is 0 Å². The molecule has 1 N–H and O–H groups in total. The minimum atomic E-state index is -0.776. The van der Waals surface area contributed by atoms with E-state index < -0.39 is 9.76 Å². The molecule has 1 aliphatic carbocycles. The highest BCUT2D eigenvalue weighted by Gasteiger charge is 2.32. The van der Waals surface area contributed by atoms with Crippen molar-refractivity contribution in [3.8, 4) is 0 Å². The Labute approximate surface area is 65.8 Å². The molecule has 60 valence electrons. The van der Waals surface area contributed by atoms with Crippen LogP contribution in [0.15, 0.2) is 0 Å². The Kier molecular flexibility index (Phi) is 2.53. The van der Waals surface area contributed by atoms with Gasteiger partial charge in [0, 0.05) is 0 Å². The first kappa shape index (κ1) is 8.28. The van der Waals surface area contributed by atoms with Crippen molar-refractivity contribution in [2.24, 2.45) is 5.92 Å². The normalized spacial score (nSPS) is 42.9. The molecule has 0 aromatic carbocycles. The molecule has 1 rings (SSSR count). The SMILES string of the molecule is CC1CCCCC1(C)[SiH2]O. The third-order valence-electron chi connectivity index (χ3n) is 3.19. The van der Waals surface area contributed by atoms with Crippen LogP contribution in [0.5, 0.6) is 0 Å². The van der Waals surface area contributed by atoms with Crippen molar-refractivity contribution in [2.75, 3.05) is 0 Å². The summed E-state index contributed by atoms with van der Waals surface area (Å²) >= 11 is 0. The standard InChI is InChI=1S/C8H18OSi/c1-7-5-3-4-6-8(7,2)10-9/h7,9H,3-6,10H2,1-2H3. The zero-order valence-electron chi connectivity index (χ0n) is 7.06. The molecule has 2 heteroatoms. The van der Waals surface area contributed by atoms with E-state index in [1.165, 1.54) is 25.7 Å². The summed E-state index contributed by atoms with van der Waals surface area (Å²) in [5.41, 5.74) is 0. The summed E-state index contributed by atoms with van der Waals surface area (Å²) in [7, 11) is -0.776. The summed E-state index contributed by atoms with van der Waals surface area (Å²) < 4.78 is 0. The van der Waals surface area contributed by atoms with Gasteiger partial charge in [-0.3, -0.25) is 0 Å². The minimum Gasteiger partial charge on any atom is -0.438 e. The van der Waals surface area contributed by atoms with Crippen LogP contribution in [0.25, 0.3) is 0 Å². The minimum absolute atomic E-state index is 0.373. The monoisotopic (exact) mass is 158 g/mol. The van der Waals surface area contributed by atoms with Gasteiger partial charge in [0.1, 0.15) is 0 Å². The topological polar surface area (TPSA) is 20.2 Å². The molecule has 1 fully saturated rings. The molecule has 0 aromatic rings.